The maximum absolute atomic E-state index is 12.9. The van der Waals surface area contributed by atoms with Crippen LogP contribution >= 0.6 is 0 Å². The SMILES string of the molecule is CC(C)(C)OC(=O)N1CCC[C@H]1CNc1cnc(-c2cccnc2)nc1Oc1ccc(C(=O)N2CCCCC2)cc1. The molecule has 0 unspecified atom stereocenters. The van der Waals surface area contributed by atoms with Crippen LogP contribution in [0.25, 0.3) is 11.4 Å². The molecule has 41 heavy (non-hydrogen) atoms. The summed E-state index contributed by atoms with van der Waals surface area (Å²) in [5.41, 5.74) is 1.45. The van der Waals surface area contributed by atoms with E-state index in [9.17, 15) is 9.59 Å². The van der Waals surface area contributed by atoms with Gasteiger partial charge in [-0.1, -0.05) is 0 Å². The Labute approximate surface area is 241 Å². The molecule has 0 spiro atoms. The number of nitrogens with one attached hydrogen (secondary N) is 1. The van der Waals surface area contributed by atoms with Crippen molar-refractivity contribution in [3.63, 3.8) is 0 Å². The summed E-state index contributed by atoms with van der Waals surface area (Å²) < 4.78 is 11.9. The number of amides is 2. The van der Waals surface area contributed by atoms with Crippen LogP contribution < -0.4 is 10.1 Å². The summed E-state index contributed by atoms with van der Waals surface area (Å²) in [6.45, 7) is 8.37. The van der Waals surface area contributed by atoms with Crippen LogP contribution in [-0.2, 0) is 4.74 Å². The average molecular weight is 559 g/mol. The van der Waals surface area contributed by atoms with Gasteiger partial charge in [-0.3, -0.25) is 9.78 Å². The number of nitrogens with zero attached hydrogens (tertiary/aromatic N) is 5. The summed E-state index contributed by atoms with van der Waals surface area (Å²) in [5.74, 6) is 1.42. The number of carbonyl (C=O) groups is 2. The van der Waals surface area contributed by atoms with Crippen LogP contribution in [0.2, 0.25) is 0 Å². The molecular weight excluding hydrogens is 520 g/mol. The molecule has 2 fully saturated rings. The van der Waals surface area contributed by atoms with Crippen molar-refractivity contribution in [2.45, 2.75) is 64.5 Å². The number of anilines is 1. The van der Waals surface area contributed by atoms with Gasteiger partial charge in [0.25, 0.3) is 5.91 Å². The van der Waals surface area contributed by atoms with Crippen molar-refractivity contribution >= 4 is 17.7 Å². The molecule has 2 saturated heterocycles. The van der Waals surface area contributed by atoms with E-state index >= 15 is 0 Å². The Morgan fingerprint density at radius 1 is 1.00 bits per heavy atom. The first-order chi connectivity index (χ1) is 19.8. The summed E-state index contributed by atoms with van der Waals surface area (Å²) >= 11 is 0. The average Bonchev–Trinajstić information content (AvgIpc) is 3.46. The Bertz CT molecular complexity index is 1340. The second kappa shape index (κ2) is 12.5. The monoisotopic (exact) mass is 558 g/mol. The predicted octanol–water partition coefficient (Wildman–Crippen LogP) is 5.77. The molecule has 0 bridgehead atoms. The molecule has 2 aliphatic rings. The largest absolute Gasteiger partial charge is 0.444 e. The van der Waals surface area contributed by atoms with Gasteiger partial charge in [-0.15, -0.1) is 0 Å². The summed E-state index contributed by atoms with van der Waals surface area (Å²) in [6.07, 6.45) is 9.82. The first-order valence-electron chi connectivity index (χ1n) is 14.3. The zero-order chi connectivity index (χ0) is 28.8. The highest BCUT2D eigenvalue weighted by Crippen LogP contribution is 2.31. The fourth-order valence-electron chi connectivity index (χ4n) is 5.09. The topological polar surface area (TPSA) is 110 Å². The highest BCUT2D eigenvalue weighted by molar-refractivity contribution is 5.94. The molecule has 2 aliphatic heterocycles. The zero-order valence-corrected chi connectivity index (χ0v) is 24.0. The summed E-state index contributed by atoms with van der Waals surface area (Å²) in [4.78, 5) is 42.8. The van der Waals surface area contributed by atoms with Gasteiger partial charge in [0.2, 0.25) is 5.88 Å². The van der Waals surface area contributed by atoms with Crippen molar-refractivity contribution in [2.24, 2.45) is 0 Å². The van der Waals surface area contributed by atoms with Crippen LogP contribution in [0.5, 0.6) is 11.6 Å². The lowest BCUT2D eigenvalue weighted by atomic mass is 10.1. The quantitative estimate of drug-likeness (QED) is 0.389. The number of pyridine rings is 1. The lowest BCUT2D eigenvalue weighted by Crippen LogP contribution is -2.42. The van der Waals surface area contributed by atoms with E-state index in [2.05, 4.69) is 15.3 Å². The first-order valence-corrected chi connectivity index (χ1v) is 14.3. The van der Waals surface area contributed by atoms with Gasteiger partial charge in [-0.05, 0) is 89.3 Å². The molecule has 5 rings (SSSR count). The number of carbonyl (C=O) groups excluding carboxylic acids is 2. The maximum atomic E-state index is 12.9. The Balaban J connectivity index is 1.33. The fourth-order valence-corrected chi connectivity index (χ4v) is 5.09. The van der Waals surface area contributed by atoms with Crippen molar-refractivity contribution in [1.29, 1.82) is 0 Å². The molecule has 0 aliphatic carbocycles. The van der Waals surface area contributed by atoms with Gasteiger partial charge in [-0.25, -0.2) is 9.78 Å². The van der Waals surface area contributed by atoms with Crippen LogP contribution in [-0.4, -0.2) is 74.6 Å². The Morgan fingerprint density at radius 2 is 1.78 bits per heavy atom. The third-order valence-electron chi connectivity index (χ3n) is 7.17. The lowest BCUT2D eigenvalue weighted by Gasteiger charge is -2.29. The number of rotatable bonds is 7. The normalized spacial score (nSPS) is 17.3. The number of hydrogen-bond acceptors (Lipinski definition) is 8. The van der Waals surface area contributed by atoms with E-state index in [0.29, 0.717) is 41.8 Å². The number of likely N-dealkylation sites (tertiary alicyclic amines) is 2. The van der Waals surface area contributed by atoms with Crippen LogP contribution in [0.4, 0.5) is 10.5 Å². The van der Waals surface area contributed by atoms with Crippen molar-refractivity contribution in [3.8, 4) is 23.0 Å². The minimum absolute atomic E-state index is 0.0317. The van der Waals surface area contributed by atoms with Crippen LogP contribution in [0, 0.1) is 0 Å². The molecule has 2 aromatic heterocycles. The molecule has 1 N–H and O–H groups in total. The van der Waals surface area contributed by atoms with Crippen LogP contribution in [0.15, 0.2) is 55.0 Å². The smallest absolute Gasteiger partial charge is 0.410 e. The summed E-state index contributed by atoms with van der Waals surface area (Å²) in [6, 6.07) is 10.8. The number of piperidine rings is 1. The molecule has 0 saturated carbocycles. The van der Waals surface area contributed by atoms with E-state index in [-0.39, 0.29) is 18.0 Å². The second-order valence-electron chi connectivity index (χ2n) is 11.5. The molecule has 1 atom stereocenters. The molecule has 2 amide bonds. The molecule has 1 aromatic carbocycles. The van der Waals surface area contributed by atoms with Crippen LogP contribution in [0.1, 0.15) is 63.2 Å². The minimum atomic E-state index is -0.553. The Hall–Kier alpha value is -4.21. The van der Waals surface area contributed by atoms with Crippen molar-refractivity contribution in [2.75, 3.05) is 31.5 Å². The molecule has 10 heteroatoms. The highest BCUT2D eigenvalue weighted by Gasteiger charge is 2.32. The summed E-state index contributed by atoms with van der Waals surface area (Å²) in [5, 5.41) is 3.40. The maximum Gasteiger partial charge on any atom is 0.410 e. The number of hydrogen-bond donors (Lipinski definition) is 1. The molecule has 3 aromatic rings. The van der Waals surface area contributed by atoms with Gasteiger partial charge >= 0.3 is 6.09 Å². The number of ether oxygens (including phenoxy) is 2. The second-order valence-corrected chi connectivity index (χ2v) is 11.5. The van der Waals surface area contributed by atoms with E-state index in [1.165, 1.54) is 6.42 Å². The number of benzene rings is 1. The Morgan fingerprint density at radius 3 is 2.49 bits per heavy atom. The first kappa shape index (κ1) is 28.3. The zero-order valence-electron chi connectivity index (χ0n) is 24.0. The third-order valence-corrected chi connectivity index (χ3v) is 7.17. The third kappa shape index (κ3) is 7.31. The number of aromatic nitrogens is 3. The standard InChI is InChI=1S/C31H38N6O4/c1-31(2,3)41-30(39)37-18-8-10-24(37)20-33-26-21-34-27(23-9-7-15-32-19-23)35-28(26)40-25-13-11-22(12-14-25)29(38)36-16-5-4-6-17-36/h7,9,11-15,19,21,24,33H,4-6,8,10,16-18,20H2,1-3H3/t24-/m0/s1. The van der Waals surface area contributed by atoms with Gasteiger partial charge < -0.3 is 24.6 Å². The van der Waals surface area contributed by atoms with E-state index in [1.807, 2.05) is 37.8 Å². The van der Waals surface area contributed by atoms with Crippen molar-refractivity contribution in [1.82, 2.24) is 24.8 Å². The van der Waals surface area contributed by atoms with Crippen LogP contribution in [0.3, 0.4) is 0 Å². The van der Waals surface area contributed by atoms with E-state index in [0.717, 1.165) is 44.3 Å². The van der Waals surface area contributed by atoms with E-state index in [1.54, 1.807) is 47.8 Å². The molecule has 216 valence electrons. The lowest BCUT2D eigenvalue weighted by molar-refractivity contribution is 0.0235. The molecule has 4 heterocycles. The van der Waals surface area contributed by atoms with Gasteiger partial charge in [0, 0.05) is 49.7 Å². The molecule has 10 nitrogen and oxygen atoms in total. The highest BCUT2D eigenvalue weighted by atomic mass is 16.6. The van der Waals surface area contributed by atoms with Gasteiger partial charge in [-0.2, -0.15) is 4.98 Å². The van der Waals surface area contributed by atoms with E-state index < -0.39 is 5.60 Å². The van der Waals surface area contributed by atoms with Gasteiger partial charge in [0.1, 0.15) is 17.0 Å². The summed E-state index contributed by atoms with van der Waals surface area (Å²) in [7, 11) is 0. The van der Waals surface area contributed by atoms with Crippen molar-refractivity contribution < 1.29 is 19.1 Å². The minimum Gasteiger partial charge on any atom is -0.444 e. The van der Waals surface area contributed by atoms with Gasteiger partial charge in [0.15, 0.2) is 5.82 Å². The molecular formula is C31H38N6O4. The molecule has 0 radical (unpaired) electrons. The van der Waals surface area contributed by atoms with Gasteiger partial charge in [0.05, 0.1) is 12.2 Å². The Kier molecular flexibility index (Phi) is 8.66. The van der Waals surface area contributed by atoms with Crippen molar-refractivity contribution in [3.05, 3.63) is 60.6 Å². The predicted molar refractivity (Wildman–Crippen MR) is 156 cm³/mol. The van der Waals surface area contributed by atoms with E-state index in [4.69, 9.17) is 14.5 Å². The fraction of sp³-hybridized carbons (Fsp3) is 0.452.